The largest absolute Gasteiger partial charge is 0.379 e. The summed E-state index contributed by atoms with van der Waals surface area (Å²) in [4.78, 5) is 16.9. The fourth-order valence-electron chi connectivity index (χ4n) is 3.27. The summed E-state index contributed by atoms with van der Waals surface area (Å²) in [5.74, 6) is 0.299. The van der Waals surface area contributed by atoms with E-state index in [0.717, 1.165) is 32.8 Å². The zero-order valence-electron chi connectivity index (χ0n) is 11.6. The number of rotatable bonds is 2. The maximum absolute atomic E-state index is 12.3. The highest BCUT2D eigenvalue weighted by atomic mass is 16.5. The molecule has 3 rings (SSSR count). The Kier molecular flexibility index (Phi) is 4.35. The predicted octanol–water partition coefficient (Wildman–Crippen LogP) is -0.0809. The van der Waals surface area contributed by atoms with Crippen molar-refractivity contribution in [2.75, 3.05) is 52.5 Å². The van der Waals surface area contributed by atoms with Crippen molar-refractivity contribution in [1.29, 1.82) is 0 Å². The third-order valence-corrected chi connectivity index (χ3v) is 4.56. The maximum Gasteiger partial charge on any atom is 0.229 e. The van der Waals surface area contributed by atoms with Gasteiger partial charge >= 0.3 is 0 Å². The second-order valence-electron chi connectivity index (χ2n) is 5.97. The van der Waals surface area contributed by atoms with Crippen LogP contribution in [0.5, 0.6) is 0 Å². The molecule has 0 bridgehead atoms. The second-order valence-corrected chi connectivity index (χ2v) is 5.97. The number of hydrogen-bond acceptors (Lipinski definition) is 4. The number of likely N-dealkylation sites (tertiary alicyclic amines) is 2. The number of nitrogens with zero attached hydrogens (tertiary/aromatic N) is 2. The second kappa shape index (κ2) is 6.20. The van der Waals surface area contributed by atoms with Crippen molar-refractivity contribution in [1.82, 2.24) is 15.1 Å². The quantitative estimate of drug-likeness (QED) is 0.760. The van der Waals surface area contributed by atoms with Crippen LogP contribution in [0.25, 0.3) is 0 Å². The van der Waals surface area contributed by atoms with Crippen molar-refractivity contribution in [2.24, 2.45) is 5.92 Å². The van der Waals surface area contributed by atoms with Gasteiger partial charge in [-0.2, -0.15) is 0 Å². The van der Waals surface area contributed by atoms with E-state index in [1.165, 1.54) is 32.4 Å². The minimum Gasteiger partial charge on any atom is -0.379 e. The molecule has 0 aromatic heterocycles. The molecule has 0 saturated carbocycles. The fraction of sp³-hybridized carbons (Fsp3) is 0.929. The fourth-order valence-corrected chi connectivity index (χ4v) is 3.27. The van der Waals surface area contributed by atoms with Crippen LogP contribution in [0.4, 0.5) is 0 Å². The van der Waals surface area contributed by atoms with Crippen LogP contribution in [0.1, 0.15) is 19.3 Å². The molecule has 1 unspecified atom stereocenters. The molecule has 3 fully saturated rings. The lowest BCUT2D eigenvalue weighted by molar-refractivity contribution is -0.144. The van der Waals surface area contributed by atoms with Crippen LogP contribution in [-0.2, 0) is 9.53 Å². The third-order valence-electron chi connectivity index (χ3n) is 4.56. The first kappa shape index (κ1) is 13.3. The Balaban J connectivity index is 1.45. The molecule has 0 radical (unpaired) electrons. The van der Waals surface area contributed by atoms with Gasteiger partial charge in [-0.1, -0.05) is 6.42 Å². The monoisotopic (exact) mass is 267 g/mol. The highest BCUT2D eigenvalue weighted by Gasteiger charge is 2.37. The molecule has 0 aromatic carbocycles. The van der Waals surface area contributed by atoms with E-state index in [1.807, 2.05) is 4.90 Å². The SMILES string of the molecule is O=C(C1CNCCOC1)N1CC(N2CCCCC2)C1. The number of ether oxygens (including phenoxy) is 1. The van der Waals surface area contributed by atoms with Crippen molar-refractivity contribution in [3.63, 3.8) is 0 Å². The Morgan fingerprint density at radius 2 is 1.95 bits per heavy atom. The van der Waals surface area contributed by atoms with Gasteiger partial charge in [0.1, 0.15) is 0 Å². The lowest BCUT2D eigenvalue weighted by Gasteiger charge is -2.47. The Morgan fingerprint density at radius 3 is 2.74 bits per heavy atom. The van der Waals surface area contributed by atoms with Gasteiger partial charge in [0.05, 0.1) is 19.1 Å². The average molecular weight is 267 g/mol. The molecule has 1 amide bonds. The molecule has 5 heteroatoms. The Labute approximate surface area is 115 Å². The Morgan fingerprint density at radius 1 is 1.16 bits per heavy atom. The van der Waals surface area contributed by atoms with Crippen LogP contribution in [0.3, 0.4) is 0 Å². The van der Waals surface area contributed by atoms with Gasteiger partial charge in [-0.15, -0.1) is 0 Å². The van der Waals surface area contributed by atoms with Gasteiger partial charge in [-0.25, -0.2) is 0 Å². The van der Waals surface area contributed by atoms with Gasteiger partial charge in [0, 0.05) is 32.2 Å². The molecule has 3 heterocycles. The van der Waals surface area contributed by atoms with Gasteiger partial charge in [0.25, 0.3) is 0 Å². The zero-order chi connectivity index (χ0) is 13.1. The molecule has 3 aliphatic rings. The van der Waals surface area contributed by atoms with Crippen LogP contribution < -0.4 is 5.32 Å². The van der Waals surface area contributed by atoms with Gasteiger partial charge in [0.15, 0.2) is 0 Å². The molecule has 0 spiro atoms. The molecule has 3 saturated heterocycles. The first-order chi connectivity index (χ1) is 9.34. The zero-order valence-corrected chi connectivity index (χ0v) is 11.6. The summed E-state index contributed by atoms with van der Waals surface area (Å²) in [5.41, 5.74) is 0. The number of hydrogen-bond donors (Lipinski definition) is 1. The number of carbonyl (C=O) groups excluding carboxylic acids is 1. The van der Waals surface area contributed by atoms with Crippen molar-refractivity contribution >= 4 is 5.91 Å². The molecule has 1 atom stereocenters. The molecule has 0 aromatic rings. The first-order valence-corrected chi connectivity index (χ1v) is 7.66. The topological polar surface area (TPSA) is 44.8 Å². The summed E-state index contributed by atoms with van der Waals surface area (Å²) < 4.78 is 5.47. The van der Waals surface area contributed by atoms with Crippen molar-refractivity contribution in [3.8, 4) is 0 Å². The van der Waals surface area contributed by atoms with Crippen molar-refractivity contribution in [3.05, 3.63) is 0 Å². The molecule has 0 aliphatic carbocycles. The summed E-state index contributed by atoms with van der Waals surface area (Å²) >= 11 is 0. The highest BCUT2D eigenvalue weighted by Crippen LogP contribution is 2.21. The average Bonchev–Trinajstić information content (AvgIpc) is 2.67. The van der Waals surface area contributed by atoms with E-state index >= 15 is 0 Å². The molecule has 3 aliphatic heterocycles. The van der Waals surface area contributed by atoms with Crippen LogP contribution in [-0.4, -0.2) is 74.2 Å². The van der Waals surface area contributed by atoms with E-state index in [1.54, 1.807) is 0 Å². The van der Waals surface area contributed by atoms with E-state index < -0.39 is 0 Å². The normalized spacial score (nSPS) is 30.7. The summed E-state index contributed by atoms with van der Waals surface area (Å²) in [6, 6.07) is 0.615. The first-order valence-electron chi connectivity index (χ1n) is 7.66. The number of nitrogens with one attached hydrogen (secondary N) is 1. The number of amides is 1. The number of piperidine rings is 1. The predicted molar refractivity (Wildman–Crippen MR) is 73.0 cm³/mol. The van der Waals surface area contributed by atoms with Crippen LogP contribution >= 0.6 is 0 Å². The van der Waals surface area contributed by atoms with Crippen molar-refractivity contribution < 1.29 is 9.53 Å². The summed E-state index contributed by atoms with van der Waals surface area (Å²) in [5, 5.41) is 3.27. The molecular formula is C14H25N3O2. The lowest BCUT2D eigenvalue weighted by atomic mass is 10.00. The van der Waals surface area contributed by atoms with E-state index in [0.29, 0.717) is 12.6 Å². The third kappa shape index (κ3) is 3.09. The van der Waals surface area contributed by atoms with Gasteiger partial charge in [-0.3, -0.25) is 9.69 Å². The van der Waals surface area contributed by atoms with E-state index in [2.05, 4.69) is 10.2 Å². The van der Waals surface area contributed by atoms with E-state index in [9.17, 15) is 4.79 Å². The Bertz CT molecular complexity index is 304. The minimum absolute atomic E-state index is 0.0183. The van der Waals surface area contributed by atoms with Gasteiger partial charge < -0.3 is 15.0 Å². The lowest BCUT2D eigenvalue weighted by Crippen LogP contribution is -2.63. The standard InChI is InChI=1S/C14H25N3O2/c18-14(12-8-15-4-7-19-11-12)17-9-13(10-17)16-5-2-1-3-6-16/h12-13,15H,1-11H2. The van der Waals surface area contributed by atoms with Crippen LogP contribution in [0, 0.1) is 5.92 Å². The van der Waals surface area contributed by atoms with Gasteiger partial charge in [0.2, 0.25) is 5.91 Å². The summed E-state index contributed by atoms with van der Waals surface area (Å²) in [6.45, 7) is 7.23. The molecule has 5 nitrogen and oxygen atoms in total. The summed E-state index contributed by atoms with van der Waals surface area (Å²) in [6.07, 6.45) is 4.02. The van der Waals surface area contributed by atoms with Crippen LogP contribution in [0.15, 0.2) is 0 Å². The minimum atomic E-state index is 0.0183. The smallest absolute Gasteiger partial charge is 0.229 e. The maximum atomic E-state index is 12.3. The molecule has 1 N–H and O–H groups in total. The van der Waals surface area contributed by atoms with Crippen LogP contribution in [0.2, 0.25) is 0 Å². The number of carbonyl (C=O) groups is 1. The van der Waals surface area contributed by atoms with E-state index in [-0.39, 0.29) is 11.8 Å². The van der Waals surface area contributed by atoms with Crippen molar-refractivity contribution in [2.45, 2.75) is 25.3 Å². The molecule has 19 heavy (non-hydrogen) atoms. The summed E-state index contributed by atoms with van der Waals surface area (Å²) in [7, 11) is 0. The molecule has 108 valence electrons. The molecular weight excluding hydrogens is 242 g/mol. The highest BCUT2D eigenvalue weighted by molar-refractivity contribution is 5.80. The van der Waals surface area contributed by atoms with E-state index in [4.69, 9.17) is 4.74 Å². The van der Waals surface area contributed by atoms with Gasteiger partial charge in [-0.05, 0) is 25.9 Å². The Hall–Kier alpha value is -0.650.